The van der Waals surface area contributed by atoms with E-state index in [1.807, 2.05) is 0 Å². The molecule has 1 aromatic heterocycles. The minimum Gasteiger partial charge on any atom is -0.478 e. The Balaban J connectivity index is 2.12. The monoisotopic (exact) mass is 274 g/mol. The molecule has 0 aliphatic heterocycles. The third-order valence-corrected chi connectivity index (χ3v) is 3.07. The van der Waals surface area contributed by atoms with Crippen molar-refractivity contribution in [3.8, 4) is 0 Å². The number of nitrogens with zero attached hydrogens (tertiary/aromatic N) is 1. The standard InChI is InChI=1S/C15H18N2O3/c1-10(18)4-3-9-16-14-8-7-11-12(15(19)20)5-2-6-13(11)17-14/h2,5-8,10,18H,3-4,9H2,1H3,(H,16,17)(H,19,20). The highest BCUT2D eigenvalue weighted by atomic mass is 16.4. The number of carbonyl (C=O) groups is 1. The van der Waals surface area contributed by atoms with Gasteiger partial charge in [-0.2, -0.15) is 0 Å². The summed E-state index contributed by atoms with van der Waals surface area (Å²) < 4.78 is 0. The number of anilines is 1. The van der Waals surface area contributed by atoms with Gasteiger partial charge in [-0.15, -0.1) is 0 Å². The van der Waals surface area contributed by atoms with Crippen LogP contribution in [0.2, 0.25) is 0 Å². The predicted octanol–water partition coefficient (Wildman–Crippen LogP) is 2.51. The smallest absolute Gasteiger partial charge is 0.336 e. The van der Waals surface area contributed by atoms with Crippen molar-refractivity contribution in [3.05, 3.63) is 35.9 Å². The van der Waals surface area contributed by atoms with E-state index >= 15 is 0 Å². The quantitative estimate of drug-likeness (QED) is 0.705. The van der Waals surface area contributed by atoms with E-state index in [1.165, 1.54) is 0 Å². The summed E-state index contributed by atoms with van der Waals surface area (Å²) in [6.07, 6.45) is 1.30. The third kappa shape index (κ3) is 3.45. The number of pyridine rings is 1. The third-order valence-electron chi connectivity index (χ3n) is 3.07. The second kappa shape index (κ2) is 6.34. The number of benzene rings is 1. The van der Waals surface area contributed by atoms with Gasteiger partial charge in [0.1, 0.15) is 5.82 Å². The number of hydrogen-bond donors (Lipinski definition) is 3. The number of rotatable bonds is 6. The second-order valence-corrected chi connectivity index (χ2v) is 4.79. The van der Waals surface area contributed by atoms with E-state index in [4.69, 9.17) is 5.11 Å². The molecule has 0 aliphatic carbocycles. The predicted molar refractivity (Wildman–Crippen MR) is 78.1 cm³/mol. The van der Waals surface area contributed by atoms with Gasteiger partial charge in [0.15, 0.2) is 0 Å². The Hall–Kier alpha value is -2.14. The van der Waals surface area contributed by atoms with E-state index in [9.17, 15) is 9.90 Å². The van der Waals surface area contributed by atoms with Gasteiger partial charge in [0, 0.05) is 11.9 Å². The highest BCUT2D eigenvalue weighted by Gasteiger charge is 2.08. The molecule has 3 N–H and O–H groups in total. The second-order valence-electron chi connectivity index (χ2n) is 4.79. The number of carboxylic acid groups (broad SMARTS) is 1. The van der Waals surface area contributed by atoms with Crippen LogP contribution < -0.4 is 5.32 Å². The molecule has 20 heavy (non-hydrogen) atoms. The average Bonchev–Trinajstić information content (AvgIpc) is 2.42. The van der Waals surface area contributed by atoms with Crippen molar-refractivity contribution in [3.63, 3.8) is 0 Å². The summed E-state index contributed by atoms with van der Waals surface area (Å²) in [4.78, 5) is 15.5. The maximum Gasteiger partial charge on any atom is 0.336 e. The van der Waals surface area contributed by atoms with Crippen LogP contribution in [0.25, 0.3) is 10.9 Å². The van der Waals surface area contributed by atoms with Crippen molar-refractivity contribution in [2.45, 2.75) is 25.9 Å². The molecule has 5 heteroatoms. The first-order valence-electron chi connectivity index (χ1n) is 6.63. The van der Waals surface area contributed by atoms with Gasteiger partial charge in [0.05, 0.1) is 17.2 Å². The molecule has 0 bridgehead atoms. The molecule has 2 aromatic rings. The van der Waals surface area contributed by atoms with E-state index in [0.29, 0.717) is 16.7 Å². The number of aromatic carboxylic acids is 1. The fourth-order valence-electron chi connectivity index (χ4n) is 2.05. The van der Waals surface area contributed by atoms with Gasteiger partial charge >= 0.3 is 5.97 Å². The van der Waals surface area contributed by atoms with Crippen LogP contribution in [-0.4, -0.2) is 33.8 Å². The molecule has 0 fully saturated rings. The number of aromatic nitrogens is 1. The number of aliphatic hydroxyl groups excluding tert-OH is 1. The molecule has 0 aliphatic rings. The van der Waals surface area contributed by atoms with Crippen molar-refractivity contribution < 1.29 is 15.0 Å². The van der Waals surface area contributed by atoms with E-state index in [2.05, 4.69) is 10.3 Å². The van der Waals surface area contributed by atoms with Gasteiger partial charge in [-0.1, -0.05) is 6.07 Å². The van der Waals surface area contributed by atoms with Crippen molar-refractivity contribution in [1.29, 1.82) is 0 Å². The number of fused-ring (bicyclic) bond motifs is 1. The largest absolute Gasteiger partial charge is 0.478 e. The minimum atomic E-state index is -0.949. The van der Waals surface area contributed by atoms with Gasteiger partial charge in [-0.05, 0) is 44.0 Å². The highest BCUT2D eigenvalue weighted by molar-refractivity contribution is 6.02. The summed E-state index contributed by atoms with van der Waals surface area (Å²) in [7, 11) is 0. The zero-order valence-electron chi connectivity index (χ0n) is 11.3. The first-order valence-corrected chi connectivity index (χ1v) is 6.63. The SMILES string of the molecule is CC(O)CCCNc1ccc2c(C(=O)O)cccc2n1. The van der Waals surface area contributed by atoms with Gasteiger partial charge in [0.25, 0.3) is 0 Å². The Kier molecular flexibility index (Phi) is 4.53. The van der Waals surface area contributed by atoms with Crippen LogP contribution >= 0.6 is 0 Å². The zero-order chi connectivity index (χ0) is 14.5. The Bertz CT molecular complexity index is 611. The molecule has 0 amide bonds. The van der Waals surface area contributed by atoms with Crippen LogP contribution in [0.3, 0.4) is 0 Å². The maximum absolute atomic E-state index is 11.1. The summed E-state index contributed by atoms with van der Waals surface area (Å²) in [5.74, 6) is -0.235. The Labute approximate surface area is 117 Å². The first-order chi connectivity index (χ1) is 9.58. The molecule has 106 valence electrons. The molecule has 1 unspecified atom stereocenters. The van der Waals surface area contributed by atoms with Gasteiger partial charge in [0.2, 0.25) is 0 Å². The fraction of sp³-hybridized carbons (Fsp3) is 0.333. The van der Waals surface area contributed by atoms with E-state index in [1.54, 1.807) is 37.3 Å². The summed E-state index contributed by atoms with van der Waals surface area (Å²) >= 11 is 0. The molecule has 0 saturated carbocycles. The number of nitrogens with one attached hydrogen (secondary N) is 1. The summed E-state index contributed by atoms with van der Waals surface area (Å²) in [6, 6.07) is 8.60. The van der Waals surface area contributed by atoms with Crippen LogP contribution in [0.1, 0.15) is 30.1 Å². The van der Waals surface area contributed by atoms with Crippen LogP contribution in [-0.2, 0) is 0 Å². The van der Waals surface area contributed by atoms with Crippen LogP contribution in [0.15, 0.2) is 30.3 Å². The van der Waals surface area contributed by atoms with Gasteiger partial charge in [-0.3, -0.25) is 0 Å². The molecular formula is C15H18N2O3. The lowest BCUT2D eigenvalue weighted by atomic mass is 10.1. The Morgan fingerprint density at radius 3 is 2.85 bits per heavy atom. The lowest BCUT2D eigenvalue weighted by Gasteiger charge is -2.08. The van der Waals surface area contributed by atoms with Crippen molar-refractivity contribution in [2.24, 2.45) is 0 Å². The van der Waals surface area contributed by atoms with Crippen molar-refractivity contribution in [1.82, 2.24) is 4.98 Å². The highest BCUT2D eigenvalue weighted by Crippen LogP contribution is 2.19. The molecule has 0 saturated heterocycles. The van der Waals surface area contributed by atoms with Crippen LogP contribution in [0, 0.1) is 0 Å². The van der Waals surface area contributed by atoms with Crippen molar-refractivity contribution in [2.75, 3.05) is 11.9 Å². The Morgan fingerprint density at radius 2 is 2.15 bits per heavy atom. The lowest BCUT2D eigenvalue weighted by Crippen LogP contribution is -2.07. The van der Waals surface area contributed by atoms with Crippen molar-refractivity contribution >= 4 is 22.7 Å². The van der Waals surface area contributed by atoms with Crippen LogP contribution in [0.4, 0.5) is 5.82 Å². The van der Waals surface area contributed by atoms with E-state index in [0.717, 1.165) is 19.4 Å². The molecule has 2 rings (SSSR count). The average molecular weight is 274 g/mol. The summed E-state index contributed by atoms with van der Waals surface area (Å²) in [6.45, 7) is 2.49. The summed E-state index contributed by atoms with van der Waals surface area (Å²) in [5, 5.41) is 22.1. The molecule has 0 spiro atoms. The molecule has 1 heterocycles. The Morgan fingerprint density at radius 1 is 1.35 bits per heavy atom. The molecule has 5 nitrogen and oxygen atoms in total. The zero-order valence-corrected chi connectivity index (χ0v) is 11.3. The van der Waals surface area contributed by atoms with Gasteiger partial charge < -0.3 is 15.5 Å². The summed E-state index contributed by atoms with van der Waals surface area (Å²) in [5.41, 5.74) is 0.918. The maximum atomic E-state index is 11.1. The number of hydrogen-bond acceptors (Lipinski definition) is 4. The topological polar surface area (TPSA) is 82.5 Å². The molecule has 1 aromatic carbocycles. The fourth-order valence-corrected chi connectivity index (χ4v) is 2.05. The molecule has 1 atom stereocenters. The minimum absolute atomic E-state index is 0.260. The normalized spacial score (nSPS) is 12.3. The van der Waals surface area contributed by atoms with Crippen LogP contribution in [0.5, 0.6) is 0 Å². The van der Waals surface area contributed by atoms with Gasteiger partial charge in [-0.25, -0.2) is 9.78 Å². The molecular weight excluding hydrogens is 256 g/mol. The number of carboxylic acids is 1. The number of aliphatic hydroxyl groups is 1. The first kappa shape index (κ1) is 14.3. The van der Waals surface area contributed by atoms with E-state index < -0.39 is 5.97 Å². The van der Waals surface area contributed by atoms with E-state index in [-0.39, 0.29) is 11.7 Å². The molecule has 0 radical (unpaired) electrons. The lowest BCUT2D eigenvalue weighted by molar-refractivity contribution is 0.0699.